The number of rotatable bonds is 3. The van der Waals surface area contributed by atoms with Crippen molar-refractivity contribution in [2.75, 3.05) is 7.05 Å². The summed E-state index contributed by atoms with van der Waals surface area (Å²) >= 11 is 1.90. The van der Waals surface area contributed by atoms with Crippen molar-refractivity contribution < 1.29 is 0 Å². The van der Waals surface area contributed by atoms with Crippen molar-refractivity contribution in [3.63, 3.8) is 0 Å². The molecule has 21 heavy (non-hydrogen) atoms. The fraction of sp³-hybridized carbons (Fsp3) is 0.263. The molecule has 1 aliphatic rings. The minimum absolute atomic E-state index is 0.299. The molecule has 4 rings (SSSR count). The molecule has 1 atom stereocenters. The molecule has 1 aliphatic carbocycles. The largest absolute Gasteiger partial charge is 0.309 e. The monoisotopic (exact) mass is 293 g/mol. The van der Waals surface area contributed by atoms with E-state index < -0.39 is 0 Å². The minimum atomic E-state index is 0.299. The van der Waals surface area contributed by atoms with Gasteiger partial charge in [-0.25, -0.2) is 0 Å². The molecule has 1 unspecified atom stereocenters. The highest BCUT2D eigenvalue weighted by Crippen LogP contribution is 2.34. The standard InChI is InChI=1S/C19H19NS/c1-20-19(16-10-9-13-6-4-7-14(13)11-16)18-12-15-5-2-3-8-17(15)21-18/h2-3,5,8-12,19-20H,4,6-7H2,1H3. The predicted octanol–water partition coefficient (Wildman–Crippen LogP) is 4.70. The number of hydrogen-bond acceptors (Lipinski definition) is 2. The first-order chi connectivity index (χ1) is 10.3. The number of nitrogens with one attached hydrogen (secondary N) is 1. The van der Waals surface area contributed by atoms with E-state index in [9.17, 15) is 0 Å². The van der Waals surface area contributed by atoms with Crippen LogP contribution in [-0.4, -0.2) is 7.05 Å². The molecule has 0 bridgehead atoms. The van der Waals surface area contributed by atoms with Crippen molar-refractivity contribution in [1.29, 1.82) is 0 Å². The van der Waals surface area contributed by atoms with Gasteiger partial charge in [0.15, 0.2) is 0 Å². The molecular weight excluding hydrogens is 274 g/mol. The molecular formula is C19H19NS. The fourth-order valence-corrected chi connectivity index (χ4v) is 4.59. The Morgan fingerprint density at radius 1 is 1.00 bits per heavy atom. The third kappa shape index (κ3) is 2.29. The van der Waals surface area contributed by atoms with E-state index in [0.717, 1.165) is 0 Å². The summed E-state index contributed by atoms with van der Waals surface area (Å²) in [6, 6.07) is 18.3. The first-order valence-electron chi connectivity index (χ1n) is 7.62. The Labute approximate surface area is 129 Å². The van der Waals surface area contributed by atoms with Gasteiger partial charge in [0.1, 0.15) is 0 Å². The normalized spacial score (nSPS) is 15.3. The van der Waals surface area contributed by atoms with E-state index >= 15 is 0 Å². The third-order valence-corrected chi connectivity index (χ3v) is 5.65. The lowest BCUT2D eigenvalue weighted by Crippen LogP contribution is -2.16. The second kappa shape index (κ2) is 5.28. The van der Waals surface area contributed by atoms with Gasteiger partial charge in [0.05, 0.1) is 6.04 Å². The molecule has 3 aromatic rings. The van der Waals surface area contributed by atoms with Crippen LogP contribution in [0.2, 0.25) is 0 Å². The van der Waals surface area contributed by atoms with E-state index in [1.807, 2.05) is 11.3 Å². The third-order valence-electron chi connectivity index (χ3n) is 4.47. The maximum Gasteiger partial charge on any atom is 0.0669 e. The van der Waals surface area contributed by atoms with E-state index in [1.54, 1.807) is 11.1 Å². The van der Waals surface area contributed by atoms with Crippen LogP contribution in [0.4, 0.5) is 0 Å². The molecule has 0 radical (unpaired) electrons. The molecule has 1 nitrogen and oxygen atoms in total. The van der Waals surface area contributed by atoms with Crippen LogP contribution in [-0.2, 0) is 12.8 Å². The van der Waals surface area contributed by atoms with Crippen molar-refractivity contribution in [3.8, 4) is 0 Å². The maximum atomic E-state index is 3.50. The second-order valence-electron chi connectivity index (χ2n) is 5.79. The maximum absolute atomic E-state index is 3.50. The van der Waals surface area contributed by atoms with Gasteiger partial charge in [-0.05, 0) is 60.5 Å². The zero-order chi connectivity index (χ0) is 14.2. The molecule has 0 saturated heterocycles. The molecule has 0 spiro atoms. The van der Waals surface area contributed by atoms with E-state index in [2.05, 4.69) is 60.9 Å². The van der Waals surface area contributed by atoms with Crippen LogP contribution in [0.15, 0.2) is 48.5 Å². The fourth-order valence-electron chi connectivity index (χ4n) is 3.39. The summed E-state index contributed by atoms with van der Waals surface area (Å²) in [5.74, 6) is 0. The SMILES string of the molecule is CNC(c1ccc2c(c1)CCC2)c1cc2ccccc2s1. The lowest BCUT2D eigenvalue weighted by molar-refractivity contribution is 0.703. The Hall–Kier alpha value is -1.64. The predicted molar refractivity (Wildman–Crippen MR) is 91.2 cm³/mol. The summed E-state index contributed by atoms with van der Waals surface area (Å²) < 4.78 is 1.37. The van der Waals surface area contributed by atoms with E-state index in [4.69, 9.17) is 0 Å². The van der Waals surface area contributed by atoms with Gasteiger partial charge in [-0.2, -0.15) is 0 Å². The Balaban J connectivity index is 1.77. The first kappa shape index (κ1) is 13.1. The summed E-state index contributed by atoms with van der Waals surface area (Å²) in [7, 11) is 2.06. The molecule has 0 aliphatic heterocycles. The summed E-state index contributed by atoms with van der Waals surface area (Å²) in [5.41, 5.74) is 4.49. The smallest absolute Gasteiger partial charge is 0.0669 e. The summed E-state index contributed by atoms with van der Waals surface area (Å²) in [4.78, 5) is 1.40. The van der Waals surface area contributed by atoms with Crippen LogP contribution in [0.5, 0.6) is 0 Å². The number of fused-ring (bicyclic) bond motifs is 2. The van der Waals surface area contributed by atoms with Gasteiger partial charge in [-0.1, -0.05) is 36.4 Å². The topological polar surface area (TPSA) is 12.0 Å². The highest BCUT2D eigenvalue weighted by Gasteiger charge is 2.18. The zero-order valence-electron chi connectivity index (χ0n) is 12.2. The molecule has 0 saturated carbocycles. The summed E-state index contributed by atoms with van der Waals surface area (Å²) in [5, 5.41) is 4.84. The average Bonchev–Trinajstić information content (AvgIpc) is 3.13. The quantitative estimate of drug-likeness (QED) is 0.738. The first-order valence-corrected chi connectivity index (χ1v) is 8.44. The molecule has 2 aromatic carbocycles. The highest BCUT2D eigenvalue weighted by molar-refractivity contribution is 7.19. The second-order valence-corrected chi connectivity index (χ2v) is 6.91. The van der Waals surface area contributed by atoms with E-state index in [1.165, 1.54) is 39.8 Å². The van der Waals surface area contributed by atoms with Crippen molar-refractivity contribution >= 4 is 21.4 Å². The lowest BCUT2D eigenvalue weighted by Gasteiger charge is -2.16. The lowest BCUT2D eigenvalue weighted by atomic mass is 10.00. The minimum Gasteiger partial charge on any atom is -0.309 e. The van der Waals surface area contributed by atoms with Gasteiger partial charge in [-0.3, -0.25) is 0 Å². The number of thiophene rings is 1. The van der Waals surface area contributed by atoms with Gasteiger partial charge in [0.2, 0.25) is 0 Å². The van der Waals surface area contributed by atoms with Crippen LogP contribution in [0.1, 0.15) is 34.0 Å². The van der Waals surface area contributed by atoms with Gasteiger partial charge in [-0.15, -0.1) is 11.3 Å². The number of hydrogen-bond donors (Lipinski definition) is 1. The van der Waals surface area contributed by atoms with Gasteiger partial charge in [0.25, 0.3) is 0 Å². The van der Waals surface area contributed by atoms with E-state index in [0.29, 0.717) is 6.04 Å². The Morgan fingerprint density at radius 2 is 1.86 bits per heavy atom. The number of benzene rings is 2. The molecule has 1 aromatic heterocycles. The highest BCUT2D eigenvalue weighted by atomic mass is 32.1. The van der Waals surface area contributed by atoms with Crippen LogP contribution in [0, 0.1) is 0 Å². The molecule has 0 amide bonds. The van der Waals surface area contributed by atoms with Gasteiger partial charge < -0.3 is 5.32 Å². The summed E-state index contributed by atoms with van der Waals surface area (Å²) in [6.45, 7) is 0. The van der Waals surface area contributed by atoms with Crippen LogP contribution in [0.3, 0.4) is 0 Å². The van der Waals surface area contributed by atoms with Crippen molar-refractivity contribution in [1.82, 2.24) is 5.32 Å². The van der Waals surface area contributed by atoms with Gasteiger partial charge >= 0.3 is 0 Å². The van der Waals surface area contributed by atoms with Crippen LogP contribution >= 0.6 is 11.3 Å². The average molecular weight is 293 g/mol. The van der Waals surface area contributed by atoms with Crippen LogP contribution < -0.4 is 5.32 Å². The van der Waals surface area contributed by atoms with Crippen LogP contribution in [0.25, 0.3) is 10.1 Å². The Bertz CT molecular complexity index is 754. The van der Waals surface area contributed by atoms with Crippen molar-refractivity contribution in [3.05, 3.63) is 70.1 Å². The molecule has 1 N–H and O–H groups in total. The molecule has 1 heterocycles. The molecule has 2 heteroatoms. The molecule has 106 valence electrons. The van der Waals surface area contributed by atoms with E-state index in [-0.39, 0.29) is 0 Å². The zero-order valence-corrected chi connectivity index (χ0v) is 13.0. The summed E-state index contributed by atoms with van der Waals surface area (Å²) in [6.07, 6.45) is 3.81. The molecule has 0 fully saturated rings. The number of aryl methyl sites for hydroxylation is 2. The Morgan fingerprint density at radius 3 is 2.71 bits per heavy atom. The van der Waals surface area contributed by atoms with Gasteiger partial charge in [0, 0.05) is 9.58 Å². The van der Waals surface area contributed by atoms with Crippen molar-refractivity contribution in [2.45, 2.75) is 25.3 Å². The Kier molecular flexibility index (Phi) is 3.28. The van der Waals surface area contributed by atoms with Crippen molar-refractivity contribution in [2.24, 2.45) is 0 Å².